The minimum absolute atomic E-state index is 0.104. The van der Waals surface area contributed by atoms with Crippen molar-refractivity contribution >= 4 is 28.7 Å². The molecule has 3 unspecified atom stereocenters. The third-order valence-electron chi connectivity index (χ3n) is 3.17. The SMILES string of the molecule is CN(C)CC1=CCC(C)(SCC(O)CN=c2[nH][s+]([O-])nc2N)O1. The molecule has 10 heteroatoms. The van der Waals surface area contributed by atoms with Crippen LogP contribution < -0.4 is 11.2 Å². The Morgan fingerprint density at radius 2 is 2.43 bits per heavy atom. The first-order chi connectivity index (χ1) is 10.8. The van der Waals surface area contributed by atoms with Crippen LogP contribution in [0.1, 0.15) is 13.3 Å². The van der Waals surface area contributed by atoms with Crippen molar-refractivity contribution in [1.82, 2.24) is 13.6 Å². The fourth-order valence-corrected chi connectivity index (χ4v) is 3.75. The number of hydrogen-bond donors (Lipinski definition) is 3. The predicted molar refractivity (Wildman–Crippen MR) is 91.3 cm³/mol. The summed E-state index contributed by atoms with van der Waals surface area (Å²) in [5, 5.41) is 10.1. The molecule has 2 heterocycles. The van der Waals surface area contributed by atoms with Gasteiger partial charge in [-0.2, -0.15) is 0 Å². The van der Waals surface area contributed by atoms with E-state index >= 15 is 0 Å². The average molecular weight is 361 g/mol. The van der Waals surface area contributed by atoms with Crippen LogP contribution >= 0.6 is 22.9 Å². The van der Waals surface area contributed by atoms with E-state index in [0.717, 1.165) is 18.7 Å². The first kappa shape index (κ1) is 18.3. The quantitative estimate of drug-likeness (QED) is 0.597. The predicted octanol–water partition coefficient (Wildman–Crippen LogP) is 0.296. The summed E-state index contributed by atoms with van der Waals surface area (Å²) >= 11 is 0.000380. The molecule has 1 aromatic rings. The second-order valence-electron chi connectivity index (χ2n) is 5.83. The van der Waals surface area contributed by atoms with Crippen molar-refractivity contribution in [3.63, 3.8) is 0 Å². The van der Waals surface area contributed by atoms with Crippen LogP contribution in [0.15, 0.2) is 16.8 Å². The fourth-order valence-electron chi connectivity index (χ4n) is 2.08. The van der Waals surface area contributed by atoms with Gasteiger partial charge in [-0.15, -0.1) is 16.1 Å². The van der Waals surface area contributed by atoms with Crippen molar-refractivity contribution in [2.45, 2.75) is 24.4 Å². The maximum atomic E-state index is 11.1. The third-order valence-corrected chi connectivity index (χ3v) is 5.31. The number of aliphatic hydroxyl groups is 1. The highest BCUT2D eigenvalue weighted by molar-refractivity contribution is 8.00. The standard InChI is InChI=1S/C13H23N5O3S2/c1-13(5-4-10(21-13)7-18(2)3)22-8-9(19)6-15-12-11(14)16-23(20)17-12/h4,9,19H,5-8H2,1-3H3,(H2,14,16)(H,15,17). The molecule has 0 saturated carbocycles. The largest absolute Gasteiger partial charge is 0.548 e. The van der Waals surface area contributed by atoms with Crippen LogP contribution in [-0.2, 0) is 4.74 Å². The first-order valence-corrected chi connectivity index (χ1v) is 9.29. The van der Waals surface area contributed by atoms with E-state index < -0.39 is 17.2 Å². The second-order valence-corrected chi connectivity index (χ2v) is 8.20. The lowest BCUT2D eigenvalue weighted by atomic mass is 10.3. The fraction of sp³-hybridized carbons (Fsp3) is 0.692. The second kappa shape index (κ2) is 7.67. The van der Waals surface area contributed by atoms with Crippen LogP contribution in [-0.4, -0.2) is 67.3 Å². The Morgan fingerprint density at radius 3 is 3.04 bits per heavy atom. The number of thioether (sulfide) groups is 1. The van der Waals surface area contributed by atoms with Crippen LogP contribution in [0.5, 0.6) is 0 Å². The maximum absolute atomic E-state index is 11.1. The summed E-state index contributed by atoms with van der Waals surface area (Å²) < 4.78 is 23.2. The van der Waals surface area contributed by atoms with Gasteiger partial charge in [-0.05, 0) is 27.1 Å². The van der Waals surface area contributed by atoms with Crippen LogP contribution in [0.25, 0.3) is 0 Å². The monoisotopic (exact) mass is 361 g/mol. The number of rotatable bonds is 7. The Balaban J connectivity index is 1.80. The van der Waals surface area contributed by atoms with Crippen molar-refractivity contribution < 1.29 is 14.4 Å². The molecule has 0 radical (unpaired) electrons. The number of anilines is 1. The maximum Gasteiger partial charge on any atom is 0.229 e. The molecular weight excluding hydrogens is 338 g/mol. The van der Waals surface area contributed by atoms with Gasteiger partial charge in [-0.1, -0.05) is 0 Å². The van der Waals surface area contributed by atoms with Crippen LogP contribution in [0, 0.1) is 0 Å². The Kier molecular flexibility index (Phi) is 6.09. The van der Waals surface area contributed by atoms with Crippen molar-refractivity contribution in [2.75, 3.05) is 38.7 Å². The number of hydrogen-bond acceptors (Lipinski definition) is 8. The number of nitrogens with one attached hydrogen (secondary N) is 1. The summed E-state index contributed by atoms with van der Waals surface area (Å²) in [6, 6.07) is 0. The van der Waals surface area contributed by atoms with Crippen molar-refractivity contribution in [2.24, 2.45) is 4.99 Å². The highest BCUT2D eigenvalue weighted by Gasteiger charge is 2.32. The van der Waals surface area contributed by atoms with Crippen molar-refractivity contribution in [3.8, 4) is 0 Å². The molecule has 23 heavy (non-hydrogen) atoms. The summed E-state index contributed by atoms with van der Waals surface area (Å²) in [7, 11) is 3.99. The molecule has 3 atom stereocenters. The topological polar surface area (TPSA) is 123 Å². The highest BCUT2D eigenvalue weighted by Crippen LogP contribution is 2.38. The van der Waals surface area contributed by atoms with Gasteiger partial charge in [0.25, 0.3) is 0 Å². The molecule has 1 aromatic heterocycles. The molecule has 0 aliphatic carbocycles. The van der Waals surface area contributed by atoms with E-state index in [1.807, 2.05) is 21.0 Å². The van der Waals surface area contributed by atoms with E-state index in [2.05, 4.69) is 24.7 Å². The van der Waals surface area contributed by atoms with Gasteiger partial charge in [0.2, 0.25) is 11.3 Å². The first-order valence-electron chi connectivity index (χ1n) is 7.20. The van der Waals surface area contributed by atoms with Gasteiger partial charge in [-0.3, -0.25) is 4.99 Å². The molecule has 0 amide bonds. The molecule has 0 spiro atoms. The number of nitrogen functional groups attached to an aromatic ring is 1. The van der Waals surface area contributed by atoms with E-state index in [0.29, 0.717) is 5.75 Å². The van der Waals surface area contributed by atoms with Gasteiger partial charge in [-0.25, -0.2) is 0 Å². The number of nitrogens with two attached hydrogens (primary N) is 1. The molecule has 130 valence electrons. The molecule has 0 bridgehead atoms. The van der Waals surface area contributed by atoms with Crippen LogP contribution in [0.2, 0.25) is 0 Å². The van der Waals surface area contributed by atoms with Crippen LogP contribution in [0.4, 0.5) is 5.82 Å². The number of H-pyrrole nitrogens is 1. The molecular formula is C13H23N5O3S2. The number of aliphatic hydroxyl groups excluding tert-OH is 1. The van der Waals surface area contributed by atoms with E-state index in [1.54, 1.807) is 11.8 Å². The lowest BCUT2D eigenvalue weighted by molar-refractivity contribution is 0.114. The molecule has 4 N–H and O–H groups in total. The summed E-state index contributed by atoms with van der Waals surface area (Å²) in [4.78, 5) is 5.81. The Bertz CT molecular complexity index is 627. The molecule has 0 aromatic carbocycles. The minimum Gasteiger partial charge on any atom is -0.548 e. The molecule has 1 aliphatic rings. The van der Waals surface area contributed by atoms with Crippen molar-refractivity contribution in [3.05, 3.63) is 17.3 Å². The molecule has 2 rings (SSSR count). The minimum atomic E-state index is -1.55. The summed E-state index contributed by atoms with van der Waals surface area (Å²) in [6.45, 7) is 2.95. The van der Waals surface area contributed by atoms with E-state index in [1.165, 1.54) is 0 Å². The van der Waals surface area contributed by atoms with Gasteiger partial charge in [0.15, 0.2) is 16.1 Å². The zero-order chi connectivity index (χ0) is 17.0. The van der Waals surface area contributed by atoms with E-state index in [4.69, 9.17) is 10.5 Å². The number of ether oxygens (including phenoxy) is 1. The highest BCUT2D eigenvalue weighted by atomic mass is 32.2. The number of nitrogens with zero attached hydrogens (tertiary/aromatic N) is 3. The zero-order valence-corrected chi connectivity index (χ0v) is 15.1. The molecule has 0 saturated heterocycles. The third kappa shape index (κ3) is 5.50. The molecule has 0 fully saturated rings. The average Bonchev–Trinajstić information content (AvgIpc) is 2.97. The Labute approximate surface area is 142 Å². The van der Waals surface area contributed by atoms with E-state index in [-0.39, 0.29) is 22.8 Å². The van der Waals surface area contributed by atoms with E-state index in [9.17, 15) is 9.66 Å². The summed E-state index contributed by atoms with van der Waals surface area (Å²) in [5.74, 6) is 1.55. The normalized spacial score (nSPS) is 24.0. The number of aromatic amines is 1. The molecule has 8 nitrogen and oxygen atoms in total. The van der Waals surface area contributed by atoms with Gasteiger partial charge < -0.3 is 25.0 Å². The number of likely N-dealkylation sites (N-methyl/N-ethyl adjacent to an activating group) is 1. The summed E-state index contributed by atoms with van der Waals surface area (Å²) in [6.07, 6.45) is 2.26. The van der Waals surface area contributed by atoms with Gasteiger partial charge in [0.05, 0.1) is 19.2 Å². The Hall–Kier alpha value is -1.07. The van der Waals surface area contributed by atoms with Gasteiger partial charge in [0.1, 0.15) is 5.76 Å². The zero-order valence-electron chi connectivity index (χ0n) is 13.5. The lowest BCUT2D eigenvalue weighted by Crippen LogP contribution is -2.26. The Morgan fingerprint density at radius 1 is 1.70 bits per heavy atom. The molecule has 1 aliphatic heterocycles. The lowest BCUT2D eigenvalue weighted by Gasteiger charge is -2.26. The van der Waals surface area contributed by atoms with Gasteiger partial charge >= 0.3 is 0 Å². The smallest absolute Gasteiger partial charge is 0.229 e. The number of aromatic nitrogens is 2. The van der Waals surface area contributed by atoms with Crippen molar-refractivity contribution in [1.29, 1.82) is 0 Å². The van der Waals surface area contributed by atoms with Crippen LogP contribution in [0.3, 0.4) is 0 Å². The summed E-state index contributed by atoms with van der Waals surface area (Å²) in [5.41, 5.74) is 5.82. The van der Waals surface area contributed by atoms with Gasteiger partial charge in [0, 0.05) is 16.5 Å².